The topological polar surface area (TPSA) is 94.2 Å². The van der Waals surface area contributed by atoms with E-state index in [9.17, 15) is 9.59 Å². The number of nitrogens with zero attached hydrogens (tertiary/aromatic N) is 2. The van der Waals surface area contributed by atoms with Gasteiger partial charge in [0.2, 0.25) is 5.88 Å². The van der Waals surface area contributed by atoms with Crippen LogP contribution >= 0.6 is 11.6 Å². The van der Waals surface area contributed by atoms with E-state index >= 15 is 0 Å². The number of aromatic nitrogens is 3. The van der Waals surface area contributed by atoms with E-state index in [4.69, 9.17) is 21.1 Å². The van der Waals surface area contributed by atoms with Crippen molar-refractivity contribution >= 4 is 28.5 Å². The molecule has 0 bridgehead atoms. The molecule has 1 N–H and O–H groups in total. The summed E-state index contributed by atoms with van der Waals surface area (Å²) >= 11 is 6.38. The molecule has 2 aromatic heterocycles. The SMILES string of the molecule is CCOC(=O)c1ccnc(Oc2ccc(-c3nc4ccccc4c(=O)[nH]3)cc2Cl)c1. The molecule has 8 heteroatoms. The molecule has 0 spiro atoms. The van der Waals surface area contributed by atoms with Crippen molar-refractivity contribution in [2.45, 2.75) is 6.92 Å². The summed E-state index contributed by atoms with van der Waals surface area (Å²) in [6, 6.07) is 15.1. The first kappa shape index (κ1) is 19.6. The third kappa shape index (κ3) is 4.01. The summed E-state index contributed by atoms with van der Waals surface area (Å²) in [5, 5.41) is 0.812. The first-order valence-electron chi connectivity index (χ1n) is 9.15. The van der Waals surface area contributed by atoms with Crippen LogP contribution in [-0.4, -0.2) is 27.5 Å². The number of H-pyrrole nitrogens is 1. The number of halogens is 1. The molecule has 0 fully saturated rings. The van der Waals surface area contributed by atoms with Gasteiger partial charge in [0.1, 0.15) is 11.6 Å². The maximum absolute atomic E-state index is 12.3. The van der Waals surface area contributed by atoms with E-state index < -0.39 is 5.97 Å². The number of pyridine rings is 1. The lowest BCUT2D eigenvalue weighted by molar-refractivity contribution is 0.0526. The highest BCUT2D eigenvalue weighted by molar-refractivity contribution is 6.32. The fourth-order valence-corrected chi connectivity index (χ4v) is 3.09. The number of benzene rings is 2. The molecule has 0 aliphatic heterocycles. The van der Waals surface area contributed by atoms with E-state index in [0.717, 1.165) is 0 Å². The highest BCUT2D eigenvalue weighted by Gasteiger charge is 2.12. The highest BCUT2D eigenvalue weighted by Crippen LogP contribution is 2.32. The number of nitrogens with one attached hydrogen (secondary N) is 1. The van der Waals surface area contributed by atoms with E-state index in [1.54, 1.807) is 43.3 Å². The summed E-state index contributed by atoms with van der Waals surface area (Å²) < 4.78 is 10.7. The Morgan fingerprint density at radius 1 is 1.13 bits per heavy atom. The van der Waals surface area contributed by atoms with Crippen LogP contribution in [-0.2, 0) is 4.74 Å². The van der Waals surface area contributed by atoms with Gasteiger partial charge in [-0.05, 0) is 43.3 Å². The predicted octanol–water partition coefficient (Wildman–Crippen LogP) is 4.61. The molecule has 0 radical (unpaired) electrons. The normalized spacial score (nSPS) is 10.7. The Balaban J connectivity index is 1.62. The number of esters is 1. The summed E-state index contributed by atoms with van der Waals surface area (Å²) in [4.78, 5) is 35.5. The molecular weight excluding hydrogens is 406 g/mol. The van der Waals surface area contributed by atoms with Gasteiger partial charge in [0, 0.05) is 17.8 Å². The van der Waals surface area contributed by atoms with E-state index in [1.165, 1.54) is 18.3 Å². The maximum atomic E-state index is 12.3. The Kier molecular flexibility index (Phi) is 5.45. The molecule has 0 saturated heterocycles. The molecule has 4 rings (SSSR count). The van der Waals surface area contributed by atoms with Crippen molar-refractivity contribution in [2.24, 2.45) is 0 Å². The number of rotatable bonds is 5. The van der Waals surface area contributed by atoms with Gasteiger partial charge in [0.15, 0.2) is 0 Å². The second-order valence-electron chi connectivity index (χ2n) is 6.28. The zero-order valence-electron chi connectivity index (χ0n) is 15.9. The smallest absolute Gasteiger partial charge is 0.338 e. The molecule has 0 amide bonds. The molecule has 2 aromatic carbocycles. The standard InChI is InChI=1S/C22H16ClN3O4/c1-2-29-22(28)14-9-10-24-19(12-14)30-18-8-7-13(11-16(18)23)20-25-17-6-4-3-5-15(17)21(27)26-20/h3-12H,2H2,1H3,(H,25,26,27). The number of fused-ring (bicyclic) bond motifs is 1. The van der Waals surface area contributed by atoms with Gasteiger partial charge in [-0.25, -0.2) is 14.8 Å². The third-order valence-electron chi connectivity index (χ3n) is 4.28. The molecule has 0 saturated carbocycles. The van der Waals surface area contributed by atoms with E-state index in [1.807, 2.05) is 6.07 Å². The molecule has 0 aliphatic carbocycles. The number of carbonyl (C=O) groups excluding carboxylic acids is 1. The molecule has 0 unspecified atom stereocenters. The van der Waals surface area contributed by atoms with Crippen molar-refractivity contribution in [3.05, 3.63) is 81.7 Å². The monoisotopic (exact) mass is 421 g/mol. The van der Waals surface area contributed by atoms with E-state index in [2.05, 4.69) is 15.0 Å². The second kappa shape index (κ2) is 8.34. The number of aromatic amines is 1. The Labute approximate surface area is 176 Å². The van der Waals surface area contributed by atoms with Crippen molar-refractivity contribution in [1.29, 1.82) is 0 Å². The lowest BCUT2D eigenvalue weighted by atomic mass is 10.2. The minimum absolute atomic E-state index is 0.201. The van der Waals surface area contributed by atoms with Crippen molar-refractivity contribution in [2.75, 3.05) is 6.61 Å². The van der Waals surface area contributed by atoms with Gasteiger partial charge in [-0.2, -0.15) is 0 Å². The Bertz CT molecular complexity index is 1300. The summed E-state index contributed by atoms with van der Waals surface area (Å²) in [5.41, 5.74) is 1.32. The van der Waals surface area contributed by atoms with Crippen LogP contribution < -0.4 is 10.3 Å². The minimum atomic E-state index is -0.461. The molecule has 30 heavy (non-hydrogen) atoms. The Morgan fingerprint density at radius 3 is 2.77 bits per heavy atom. The van der Waals surface area contributed by atoms with Gasteiger partial charge >= 0.3 is 5.97 Å². The zero-order valence-corrected chi connectivity index (χ0v) is 16.6. The van der Waals surface area contributed by atoms with Crippen LogP contribution in [0, 0.1) is 0 Å². The maximum Gasteiger partial charge on any atom is 0.338 e. The lowest BCUT2D eigenvalue weighted by Crippen LogP contribution is -2.09. The fourth-order valence-electron chi connectivity index (χ4n) is 2.87. The number of hydrogen-bond acceptors (Lipinski definition) is 6. The van der Waals surface area contributed by atoms with Crippen molar-refractivity contribution in [3.63, 3.8) is 0 Å². The van der Waals surface area contributed by atoms with E-state index in [-0.39, 0.29) is 18.0 Å². The number of hydrogen-bond donors (Lipinski definition) is 1. The van der Waals surface area contributed by atoms with Gasteiger partial charge < -0.3 is 14.5 Å². The van der Waals surface area contributed by atoms with Gasteiger partial charge in [-0.15, -0.1) is 0 Å². The van der Waals surface area contributed by atoms with Crippen LogP contribution in [0.4, 0.5) is 0 Å². The molecule has 0 atom stereocenters. The average Bonchev–Trinajstić information content (AvgIpc) is 2.75. The lowest BCUT2D eigenvalue weighted by Gasteiger charge is -2.09. The van der Waals surface area contributed by atoms with Crippen LogP contribution in [0.15, 0.2) is 65.6 Å². The molecule has 7 nitrogen and oxygen atoms in total. The molecule has 0 aliphatic rings. The largest absolute Gasteiger partial charge is 0.462 e. The first-order chi connectivity index (χ1) is 14.5. The second-order valence-corrected chi connectivity index (χ2v) is 6.69. The van der Waals surface area contributed by atoms with Gasteiger partial charge in [0.05, 0.1) is 28.1 Å². The molecule has 2 heterocycles. The molecular formula is C22H16ClN3O4. The minimum Gasteiger partial charge on any atom is -0.462 e. The summed E-state index contributed by atoms with van der Waals surface area (Å²) in [6.07, 6.45) is 1.45. The van der Waals surface area contributed by atoms with Crippen LogP contribution in [0.2, 0.25) is 5.02 Å². The van der Waals surface area contributed by atoms with Gasteiger partial charge in [-0.1, -0.05) is 23.7 Å². The van der Waals surface area contributed by atoms with Gasteiger partial charge in [-0.3, -0.25) is 4.79 Å². The zero-order chi connectivity index (χ0) is 21.1. The first-order valence-corrected chi connectivity index (χ1v) is 9.53. The summed E-state index contributed by atoms with van der Waals surface area (Å²) in [7, 11) is 0. The Hall–Kier alpha value is -3.71. The van der Waals surface area contributed by atoms with Crippen LogP contribution in [0.5, 0.6) is 11.6 Å². The van der Waals surface area contributed by atoms with Gasteiger partial charge in [0.25, 0.3) is 5.56 Å². The predicted molar refractivity (Wildman–Crippen MR) is 113 cm³/mol. The molecule has 150 valence electrons. The number of para-hydroxylation sites is 1. The molecule has 4 aromatic rings. The third-order valence-corrected chi connectivity index (χ3v) is 4.57. The van der Waals surface area contributed by atoms with Crippen molar-refractivity contribution < 1.29 is 14.3 Å². The quantitative estimate of drug-likeness (QED) is 0.473. The van der Waals surface area contributed by atoms with Crippen molar-refractivity contribution in [1.82, 2.24) is 15.0 Å². The Morgan fingerprint density at radius 2 is 1.97 bits per heavy atom. The summed E-state index contributed by atoms with van der Waals surface area (Å²) in [5.74, 6) is 0.483. The van der Waals surface area contributed by atoms with Crippen molar-refractivity contribution in [3.8, 4) is 23.0 Å². The van der Waals surface area contributed by atoms with Crippen LogP contribution in [0.25, 0.3) is 22.3 Å². The van der Waals surface area contributed by atoms with Crippen LogP contribution in [0.1, 0.15) is 17.3 Å². The summed E-state index contributed by atoms with van der Waals surface area (Å²) in [6.45, 7) is 2.00. The fraction of sp³-hybridized carbons (Fsp3) is 0.0909. The number of ether oxygens (including phenoxy) is 2. The number of carbonyl (C=O) groups is 1. The van der Waals surface area contributed by atoms with E-state index in [0.29, 0.717) is 38.6 Å². The highest BCUT2D eigenvalue weighted by atomic mass is 35.5. The van der Waals surface area contributed by atoms with Crippen LogP contribution in [0.3, 0.4) is 0 Å². The average molecular weight is 422 g/mol.